The molecule has 0 unspecified atom stereocenters. The second-order valence-electron chi connectivity index (χ2n) is 2.18. The topological polar surface area (TPSA) is 38.9 Å². The number of nitrogen functional groups attached to an aromatic ring is 1. The number of rotatable bonds is 2. The minimum Gasteiger partial charge on any atom is -0.397 e. The van der Waals surface area contributed by atoms with Gasteiger partial charge in [-0.15, -0.1) is 11.6 Å². The lowest BCUT2D eigenvalue weighted by Crippen LogP contribution is -1.91. The fraction of sp³-hybridized carbons (Fsp3) is 0.125. The molecule has 0 aromatic carbocycles. The van der Waals surface area contributed by atoms with Gasteiger partial charge in [-0.1, -0.05) is 17.7 Å². The molecule has 1 rings (SSSR count). The zero-order chi connectivity index (χ0) is 8.97. The van der Waals surface area contributed by atoms with Gasteiger partial charge in [-0.2, -0.15) is 0 Å². The van der Waals surface area contributed by atoms with Crippen LogP contribution in [0.4, 0.5) is 5.69 Å². The SMILES string of the molecule is Nc1cc(Cl)cnc1C=CCCl. The number of nitrogens with two attached hydrogens (primary N) is 1. The molecule has 64 valence electrons. The van der Waals surface area contributed by atoms with Crippen molar-refractivity contribution in [1.82, 2.24) is 4.98 Å². The van der Waals surface area contributed by atoms with Gasteiger partial charge in [0.25, 0.3) is 0 Å². The monoisotopic (exact) mass is 202 g/mol. The van der Waals surface area contributed by atoms with Crippen LogP contribution in [0.3, 0.4) is 0 Å². The van der Waals surface area contributed by atoms with Gasteiger partial charge in [0.05, 0.1) is 16.4 Å². The van der Waals surface area contributed by atoms with Crippen molar-refractivity contribution in [3.05, 3.63) is 29.1 Å². The number of aromatic nitrogens is 1. The normalized spacial score (nSPS) is 10.8. The molecule has 2 nitrogen and oxygen atoms in total. The van der Waals surface area contributed by atoms with Crippen molar-refractivity contribution in [2.45, 2.75) is 0 Å². The van der Waals surface area contributed by atoms with E-state index in [2.05, 4.69) is 4.98 Å². The summed E-state index contributed by atoms with van der Waals surface area (Å²) in [5, 5.41) is 0.538. The van der Waals surface area contributed by atoms with Crippen LogP contribution in [-0.2, 0) is 0 Å². The minimum absolute atomic E-state index is 0.448. The summed E-state index contributed by atoms with van der Waals surface area (Å²) in [7, 11) is 0. The van der Waals surface area contributed by atoms with Gasteiger partial charge in [-0.3, -0.25) is 4.98 Å². The van der Waals surface area contributed by atoms with Crippen LogP contribution in [0.15, 0.2) is 18.3 Å². The Labute approximate surface area is 81.0 Å². The molecule has 2 N–H and O–H groups in total. The van der Waals surface area contributed by atoms with Crippen molar-refractivity contribution in [1.29, 1.82) is 0 Å². The van der Waals surface area contributed by atoms with E-state index in [1.165, 1.54) is 0 Å². The first-order valence-corrected chi connectivity index (χ1v) is 4.29. The third-order valence-corrected chi connectivity index (χ3v) is 1.67. The van der Waals surface area contributed by atoms with Crippen LogP contribution in [0.5, 0.6) is 0 Å². The molecule has 1 aromatic heterocycles. The second-order valence-corrected chi connectivity index (χ2v) is 2.93. The van der Waals surface area contributed by atoms with Crippen LogP contribution in [0.1, 0.15) is 5.69 Å². The third-order valence-electron chi connectivity index (χ3n) is 1.28. The van der Waals surface area contributed by atoms with Crippen molar-refractivity contribution in [2.24, 2.45) is 0 Å². The lowest BCUT2D eigenvalue weighted by atomic mass is 10.3. The van der Waals surface area contributed by atoms with Crippen LogP contribution in [0.2, 0.25) is 5.02 Å². The molecule has 4 heteroatoms. The first kappa shape index (κ1) is 9.36. The van der Waals surface area contributed by atoms with E-state index >= 15 is 0 Å². The molecular formula is C8H8Cl2N2. The van der Waals surface area contributed by atoms with Crippen molar-refractivity contribution in [3.8, 4) is 0 Å². The largest absolute Gasteiger partial charge is 0.397 e. The van der Waals surface area contributed by atoms with Crippen LogP contribution >= 0.6 is 23.2 Å². The average molecular weight is 203 g/mol. The van der Waals surface area contributed by atoms with Gasteiger partial charge >= 0.3 is 0 Å². The Hall–Kier alpha value is -0.730. The first-order chi connectivity index (χ1) is 5.74. The molecular weight excluding hydrogens is 195 g/mol. The molecule has 0 saturated heterocycles. The highest BCUT2D eigenvalue weighted by molar-refractivity contribution is 6.30. The molecule has 0 amide bonds. The summed E-state index contributed by atoms with van der Waals surface area (Å²) in [5.74, 6) is 0.448. The van der Waals surface area contributed by atoms with E-state index in [4.69, 9.17) is 28.9 Å². The van der Waals surface area contributed by atoms with Crippen molar-refractivity contribution < 1.29 is 0 Å². The lowest BCUT2D eigenvalue weighted by Gasteiger charge is -1.98. The number of allylic oxidation sites excluding steroid dienone is 1. The van der Waals surface area contributed by atoms with Gasteiger partial charge in [0.1, 0.15) is 0 Å². The molecule has 12 heavy (non-hydrogen) atoms. The van der Waals surface area contributed by atoms with Crippen LogP contribution in [0.25, 0.3) is 6.08 Å². The standard InChI is InChI=1S/C8H8Cl2N2/c9-3-1-2-8-7(11)4-6(10)5-12-8/h1-2,4-5H,3,11H2. The predicted octanol–water partition coefficient (Wildman–Crippen LogP) is 2.57. The number of hydrogen-bond donors (Lipinski definition) is 1. The highest BCUT2D eigenvalue weighted by Crippen LogP contribution is 2.15. The van der Waals surface area contributed by atoms with Gasteiger partial charge < -0.3 is 5.73 Å². The van der Waals surface area contributed by atoms with E-state index in [0.29, 0.717) is 22.3 Å². The fourth-order valence-electron chi connectivity index (χ4n) is 0.761. The zero-order valence-electron chi connectivity index (χ0n) is 6.30. The van der Waals surface area contributed by atoms with E-state index in [-0.39, 0.29) is 0 Å². The van der Waals surface area contributed by atoms with E-state index in [9.17, 15) is 0 Å². The zero-order valence-corrected chi connectivity index (χ0v) is 7.81. The minimum atomic E-state index is 0.448. The number of alkyl halides is 1. The molecule has 0 aliphatic heterocycles. The van der Waals surface area contributed by atoms with E-state index in [1.807, 2.05) is 0 Å². The number of halogens is 2. The van der Waals surface area contributed by atoms with Gasteiger partial charge in [0, 0.05) is 12.1 Å². The second kappa shape index (κ2) is 4.33. The molecule has 1 heterocycles. The smallest absolute Gasteiger partial charge is 0.0857 e. The van der Waals surface area contributed by atoms with Crippen molar-refractivity contribution in [2.75, 3.05) is 11.6 Å². The Kier molecular flexibility index (Phi) is 3.38. The van der Waals surface area contributed by atoms with Crippen molar-refractivity contribution in [3.63, 3.8) is 0 Å². The highest BCUT2D eigenvalue weighted by Gasteiger charge is 1.96. The Morgan fingerprint density at radius 1 is 1.58 bits per heavy atom. The quantitative estimate of drug-likeness (QED) is 0.750. The first-order valence-electron chi connectivity index (χ1n) is 3.37. The van der Waals surface area contributed by atoms with E-state index < -0.39 is 0 Å². The van der Waals surface area contributed by atoms with Gasteiger partial charge in [0.2, 0.25) is 0 Å². The summed E-state index contributed by atoms with van der Waals surface area (Å²) in [6, 6.07) is 1.66. The Morgan fingerprint density at radius 2 is 2.33 bits per heavy atom. The Balaban J connectivity index is 2.94. The van der Waals surface area contributed by atoms with Gasteiger partial charge in [0.15, 0.2) is 0 Å². The van der Waals surface area contributed by atoms with Crippen LogP contribution < -0.4 is 5.73 Å². The summed E-state index contributed by atoms with van der Waals surface area (Å²) in [4.78, 5) is 4.01. The van der Waals surface area contributed by atoms with E-state index in [1.54, 1.807) is 24.4 Å². The maximum absolute atomic E-state index is 5.66. The molecule has 0 atom stereocenters. The summed E-state index contributed by atoms with van der Waals surface area (Å²) >= 11 is 11.1. The van der Waals surface area contributed by atoms with E-state index in [0.717, 1.165) is 0 Å². The number of hydrogen-bond acceptors (Lipinski definition) is 2. The van der Waals surface area contributed by atoms with Crippen LogP contribution in [0, 0.1) is 0 Å². The highest BCUT2D eigenvalue weighted by atomic mass is 35.5. The molecule has 1 aromatic rings. The Morgan fingerprint density at radius 3 is 2.92 bits per heavy atom. The molecule has 0 fully saturated rings. The molecule has 0 radical (unpaired) electrons. The maximum Gasteiger partial charge on any atom is 0.0857 e. The number of pyridine rings is 1. The summed E-state index contributed by atoms with van der Waals surface area (Å²) in [6.45, 7) is 0. The average Bonchev–Trinajstić information content (AvgIpc) is 2.03. The molecule has 0 saturated carbocycles. The summed E-state index contributed by atoms with van der Waals surface area (Å²) in [6.07, 6.45) is 5.08. The number of nitrogens with zero attached hydrogens (tertiary/aromatic N) is 1. The third kappa shape index (κ3) is 2.40. The lowest BCUT2D eigenvalue weighted by molar-refractivity contribution is 1.30. The molecule has 0 spiro atoms. The Bertz CT molecular complexity index is 297. The summed E-state index contributed by atoms with van der Waals surface area (Å²) in [5.41, 5.74) is 6.87. The summed E-state index contributed by atoms with van der Waals surface area (Å²) < 4.78 is 0. The van der Waals surface area contributed by atoms with Crippen LogP contribution in [-0.4, -0.2) is 10.9 Å². The molecule has 0 bridgehead atoms. The molecule has 0 aliphatic rings. The van der Waals surface area contributed by atoms with Gasteiger partial charge in [-0.25, -0.2) is 0 Å². The molecule has 0 aliphatic carbocycles. The van der Waals surface area contributed by atoms with Gasteiger partial charge in [-0.05, 0) is 12.1 Å². The fourth-order valence-corrected chi connectivity index (χ4v) is 1.02. The maximum atomic E-state index is 5.66. The predicted molar refractivity (Wildman–Crippen MR) is 53.4 cm³/mol. The number of anilines is 1. The van der Waals surface area contributed by atoms with Crippen molar-refractivity contribution >= 4 is 35.0 Å².